The number of nitrogens with one attached hydrogen (secondary N) is 1. The number of nitrogens with zero attached hydrogens (tertiary/aromatic N) is 1. The first kappa shape index (κ1) is 14.9. The summed E-state index contributed by atoms with van der Waals surface area (Å²) in [6.45, 7) is 3.64. The van der Waals surface area contributed by atoms with Gasteiger partial charge < -0.3 is 10.4 Å². The molecular weight excluding hydrogens is 256 g/mol. The fourth-order valence-electron chi connectivity index (χ4n) is 2.74. The number of aliphatic hydroxyl groups is 1. The Balaban J connectivity index is 1.82. The van der Waals surface area contributed by atoms with Crippen LogP contribution in [0.5, 0.6) is 0 Å². The Morgan fingerprint density at radius 2 is 2.05 bits per heavy atom. The van der Waals surface area contributed by atoms with Gasteiger partial charge in [0.05, 0.1) is 11.0 Å². The van der Waals surface area contributed by atoms with Crippen molar-refractivity contribution in [1.82, 2.24) is 5.32 Å². The third-order valence-corrected chi connectivity index (χ3v) is 4.49. The minimum absolute atomic E-state index is 0.0494. The minimum atomic E-state index is -0.621. The highest BCUT2D eigenvalue weighted by Gasteiger charge is 2.34. The highest BCUT2D eigenvalue weighted by atomic mass is 16.6. The normalized spacial score (nSPS) is 18.3. The Bertz CT molecular complexity index is 449. The van der Waals surface area contributed by atoms with Gasteiger partial charge in [-0.25, -0.2) is 0 Å². The summed E-state index contributed by atoms with van der Waals surface area (Å²) in [5, 5.41) is 24.0. The van der Waals surface area contributed by atoms with Crippen molar-refractivity contribution in [2.24, 2.45) is 5.41 Å². The Kier molecular flexibility index (Phi) is 4.73. The molecule has 20 heavy (non-hydrogen) atoms. The highest BCUT2D eigenvalue weighted by Crippen LogP contribution is 2.43. The molecule has 0 aliphatic heterocycles. The van der Waals surface area contributed by atoms with Gasteiger partial charge >= 0.3 is 0 Å². The highest BCUT2D eigenvalue weighted by molar-refractivity contribution is 5.33. The van der Waals surface area contributed by atoms with Crippen LogP contribution in [0.15, 0.2) is 24.3 Å². The fraction of sp³-hybridized carbons (Fsp3) is 0.600. The van der Waals surface area contributed by atoms with Crippen molar-refractivity contribution in [3.63, 3.8) is 0 Å². The molecule has 110 valence electrons. The van der Waals surface area contributed by atoms with Crippen molar-refractivity contribution in [2.45, 2.75) is 38.7 Å². The van der Waals surface area contributed by atoms with Crippen LogP contribution in [0.25, 0.3) is 0 Å². The average Bonchev–Trinajstić information content (AvgIpc) is 2.41. The van der Waals surface area contributed by atoms with Gasteiger partial charge in [-0.3, -0.25) is 10.1 Å². The molecule has 1 fully saturated rings. The van der Waals surface area contributed by atoms with Crippen molar-refractivity contribution in [3.05, 3.63) is 39.9 Å². The predicted octanol–water partition coefficient (Wildman–Crippen LogP) is 2.80. The first-order valence-electron chi connectivity index (χ1n) is 7.19. The number of hydrogen-bond donors (Lipinski definition) is 2. The van der Waals surface area contributed by atoms with Crippen LogP contribution in [0.4, 0.5) is 5.69 Å². The first-order chi connectivity index (χ1) is 9.56. The van der Waals surface area contributed by atoms with Gasteiger partial charge in [-0.15, -0.1) is 0 Å². The molecule has 0 heterocycles. The van der Waals surface area contributed by atoms with Gasteiger partial charge in [0.2, 0.25) is 0 Å². The van der Waals surface area contributed by atoms with Gasteiger partial charge in [-0.05, 0) is 42.4 Å². The summed E-state index contributed by atoms with van der Waals surface area (Å²) in [5.41, 5.74) is 1.19. The zero-order chi connectivity index (χ0) is 14.6. The molecule has 0 aromatic heterocycles. The van der Waals surface area contributed by atoms with Crippen LogP contribution in [0, 0.1) is 15.5 Å². The molecule has 1 saturated carbocycles. The number of nitro benzene ring substituents is 1. The van der Waals surface area contributed by atoms with Gasteiger partial charge in [0.1, 0.15) is 0 Å². The van der Waals surface area contributed by atoms with Crippen LogP contribution in [-0.2, 0) is 0 Å². The summed E-state index contributed by atoms with van der Waals surface area (Å²) in [7, 11) is 0. The van der Waals surface area contributed by atoms with Crippen LogP contribution in [-0.4, -0.2) is 23.1 Å². The second-order valence-electron chi connectivity index (χ2n) is 5.70. The standard InChI is InChI=1S/C15H22N2O3/c1-2-15(8-3-9-15)11-16-10-14(18)12-4-6-13(7-5-12)17(19)20/h4-7,14,16,18H,2-3,8-11H2,1H3. The lowest BCUT2D eigenvalue weighted by atomic mass is 9.67. The van der Waals surface area contributed by atoms with Gasteiger partial charge in [0.15, 0.2) is 0 Å². The molecule has 0 radical (unpaired) electrons. The summed E-state index contributed by atoms with van der Waals surface area (Å²) in [6, 6.07) is 6.09. The third kappa shape index (κ3) is 3.35. The van der Waals surface area contributed by atoms with Gasteiger partial charge in [-0.2, -0.15) is 0 Å². The average molecular weight is 278 g/mol. The minimum Gasteiger partial charge on any atom is -0.387 e. The second-order valence-corrected chi connectivity index (χ2v) is 5.70. The van der Waals surface area contributed by atoms with Crippen LogP contribution in [0.1, 0.15) is 44.3 Å². The van der Waals surface area contributed by atoms with Gasteiger partial charge in [0.25, 0.3) is 5.69 Å². The number of aliphatic hydroxyl groups excluding tert-OH is 1. The second kappa shape index (κ2) is 6.33. The van der Waals surface area contributed by atoms with Crippen molar-refractivity contribution in [1.29, 1.82) is 0 Å². The van der Waals surface area contributed by atoms with E-state index in [1.165, 1.54) is 37.8 Å². The van der Waals surface area contributed by atoms with E-state index in [1.807, 2.05) is 0 Å². The number of non-ortho nitro benzene ring substituents is 1. The lowest BCUT2D eigenvalue weighted by Crippen LogP contribution is -2.40. The Morgan fingerprint density at radius 3 is 2.50 bits per heavy atom. The molecule has 1 unspecified atom stereocenters. The lowest BCUT2D eigenvalue weighted by molar-refractivity contribution is -0.384. The zero-order valence-electron chi connectivity index (χ0n) is 11.8. The number of hydrogen-bond acceptors (Lipinski definition) is 4. The number of nitro groups is 1. The zero-order valence-corrected chi connectivity index (χ0v) is 11.8. The van der Waals surface area contributed by atoms with E-state index < -0.39 is 11.0 Å². The van der Waals surface area contributed by atoms with Gasteiger partial charge in [-0.1, -0.05) is 13.3 Å². The fourth-order valence-corrected chi connectivity index (χ4v) is 2.74. The van der Waals surface area contributed by atoms with E-state index in [2.05, 4.69) is 12.2 Å². The maximum absolute atomic E-state index is 10.6. The van der Waals surface area contributed by atoms with E-state index in [1.54, 1.807) is 12.1 Å². The molecule has 5 nitrogen and oxygen atoms in total. The summed E-state index contributed by atoms with van der Waals surface area (Å²) >= 11 is 0. The van der Waals surface area contributed by atoms with E-state index in [9.17, 15) is 15.2 Å². The van der Waals surface area contributed by atoms with E-state index in [-0.39, 0.29) is 5.69 Å². The molecular formula is C15H22N2O3. The summed E-state index contributed by atoms with van der Waals surface area (Å²) in [4.78, 5) is 10.1. The van der Waals surface area contributed by atoms with E-state index in [0.717, 1.165) is 6.54 Å². The van der Waals surface area contributed by atoms with Crippen molar-refractivity contribution >= 4 is 5.69 Å². The summed E-state index contributed by atoms with van der Waals surface area (Å²) in [6.07, 6.45) is 4.40. The molecule has 1 aliphatic carbocycles. The largest absolute Gasteiger partial charge is 0.387 e. The number of rotatable bonds is 7. The van der Waals surface area contributed by atoms with Gasteiger partial charge in [0, 0.05) is 25.2 Å². The first-order valence-corrected chi connectivity index (χ1v) is 7.19. The van der Waals surface area contributed by atoms with Crippen LogP contribution in [0.3, 0.4) is 0 Å². The maximum atomic E-state index is 10.6. The molecule has 0 amide bonds. The maximum Gasteiger partial charge on any atom is 0.269 e. The van der Waals surface area contributed by atoms with Crippen molar-refractivity contribution in [2.75, 3.05) is 13.1 Å². The van der Waals surface area contributed by atoms with Crippen LogP contribution < -0.4 is 5.32 Å². The Labute approximate surface area is 119 Å². The van der Waals surface area contributed by atoms with E-state index in [0.29, 0.717) is 17.5 Å². The molecule has 2 N–H and O–H groups in total. The topological polar surface area (TPSA) is 75.4 Å². The molecule has 1 aromatic rings. The Hall–Kier alpha value is -1.46. The molecule has 1 aliphatic rings. The molecule has 0 spiro atoms. The number of benzene rings is 1. The van der Waals surface area contributed by atoms with E-state index in [4.69, 9.17) is 0 Å². The predicted molar refractivity (Wildman–Crippen MR) is 77.5 cm³/mol. The smallest absolute Gasteiger partial charge is 0.269 e. The Morgan fingerprint density at radius 1 is 1.40 bits per heavy atom. The van der Waals surface area contributed by atoms with Crippen LogP contribution >= 0.6 is 0 Å². The molecule has 0 bridgehead atoms. The van der Waals surface area contributed by atoms with E-state index >= 15 is 0 Å². The summed E-state index contributed by atoms with van der Waals surface area (Å²) < 4.78 is 0. The molecule has 0 saturated heterocycles. The lowest BCUT2D eigenvalue weighted by Gasteiger charge is -2.41. The third-order valence-electron chi connectivity index (χ3n) is 4.49. The van der Waals surface area contributed by atoms with Crippen molar-refractivity contribution < 1.29 is 10.0 Å². The summed E-state index contributed by atoms with van der Waals surface area (Å²) in [5.74, 6) is 0. The molecule has 2 rings (SSSR count). The van der Waals surface area contributed by atoms with Crippen LogP contribution in [0.2, 0.25) is 0 Å². The molecule has 1 atom stereocenters. The SMILES string of the molecule is CCC1(CNCC(O)c2ccc([N+](=O)[O-])cc2)CCC1. The quantitative estimate of drug-likeness (QED) is 0.594. The van der Waals surface area contributed by atoms with Crippen molar-refractivity contribution in [3.8, 4) is 0 Å². The molecule has 5 heteroatoms. The molecule has 1 aromatic carbocycles. The monoisotopic (exact) mass is 278 g/mol.